The maximum atomic E-state index is 13.0. The molecule has 2 aromatic carbocycles. The van der Waals surface area contributed by atoms with Crippen molar-refractivity contribution >= 4 is 11.8 Å². The van der Waals surface area contributed by atoms with Crippen molar-refractivity contribution < 1.29 is 14.6 Å². The molecule has 3 aromatic rings. The number of aromatic nitrogens is 2. The van der Waals surface area contributed by atoms with Crippen LogP contribution in [0.25, 0.3) is 0 Å². The molecule has 0 radical (unpaired) electrons. The van der Waals surface area contributed by atoms with Crippen molar-refractivity contribution in [3.63, 3.8) is 0 Å². The van der Waals surface area contributed by atoms with Gasteiger partial charge in [-0.15, -0.1) is 0 Å². The Labute approximate surface area is 167 Å². The van der Waals surface area contributed by atoms with Gasteiger partial charge in [-0.05, 0) is 36.6 Å². The standard InChI is InChI=1S/C22H21N3O4/c1-29-21(28)16-6-4-5-15(13-16)14-25-12-11-23-19(20(25)27)24-22(9-10-22)17-7-2-3-8-18(17)26/h2-8,11-13,26H,9-10,14H2,1H3,(H,23,24). The van der Waals surface area contributed by atoms with Crippen LogP contribution in [0.15, 0.2) is 65.7 Å². The van der Waals surface area contributed by atoms with E-state index < -0.39 is 11.5 Å². The number of phenols is 1. The summed E-state index contributed by atoms with van der Waals surface area (Å²) in [6.45, 7) is 0.296. The molecule has 0 atom stereocenters. The van der Waals surface area contributed by atoms with Gasteiger partial charge in [0.2, 0.25) is 0 Å². The van der Waals surface area contributed by atoms with Crippen molar-refractivity contribution in [1.82, 2.24) is 9.55 Å². The molecule has 7 nitrogen and oxygen atoms in total. The first-order valence-corrected chi connectivity index (χ1v) is 9.32. The lowest BCUT2D eigenvalue weighted by Gasteiger charge is -2.19. The molecule has 1 fully saturated rings. The largest absolute Gasteiger partial charge is 0.508 e. The predicted molar refractivity (Wildman–Crippen MR) is 108 cm³/mol. The van der Waals surface area contributed by atoms with E-state index in [1.165, 1.54) is 11.7 Å². The molecule has 1 aromatic heterocycles. The number of aromatic hydroxyl groups is 1. The lowest BCUT2D eigenvalue weighted by molar-refractivity contribution is 0.0600. The van der Waals surface area contributed by atoms with E-state index in [1.807, 2.05) is 18.2 Å². The number of phenolic OH excluding ortho intramolecular Hbond substituents is 1. The summed E-state index contributed by atoms with van der Waals surface area (Å²) in [4.78, 5) is 28.9. The van der Waals surface area contributed by atoms with Crippen LogP contribution < -0.4 is 10.9 Å². The Hall–Kier alpha value is -3.61. The second-order valence-corrected chi connectivity index (χ2v) is 7.13. The van der Waals surface area contributed by atoms with E-state index in [-0.39, 0.29) is 17.1 Å². The zero-order valence-electron chi connectivity index (χ0n) is 16.0. The maximum absolute atomic E-state index is 13.0. The molecule has 0 amide bonds. The Kier molecular flexibility index (Phi) is 4.80. The Morgan fingerprint density at radius 3 is 2.76 bits per heavy atom. The molecule has 0 aliphatic heterocycles. The van der Waals surface area contributed by atoms with Crippen molar-refractivity contribution in [3.05, 3.63) is 88.0 Å². The molecule has 1 aliphatic carbocycles. The van der Waals surface area contributed by atoms with Gasteiger partial charge in [0.05, 0.1) is 24.8 Å². The highest BCUT2D eigenvalue weighted by Crippen LogP contribution is 2.50. The molecule has 2 N–H and O–H groups in total. The predicted octanol–water partition coefficient (Wildman–Crippen LogP) is 2.89. The topological polar surface area (TPSA) is 93.5 Å². The van der Waals surface area contributed by atoms with E-state index in [9.17, 15) is 14.7 Å². The number of hydrogen-bond acceptors (Lipinski definition) is 6. The van der Waals surface area contributed by atoms with Crippen LogP contribution in [0.3, 0.4) is 0 Å². The van der Waals surface area contributed by atoms with Crippen LogP contribution in [0.1, 0.15) is 34.3 Å². The smallest absolute Gasteiger partial charge is 0.337 e. The number of esters is 1. The highest BCUT2D eigenvalue weighted by molar-refractivity contribution is 5.89. The van der Waals surface area contributed by atoms with Crippen LogP contribution in [-0.4, -0.2) is 27.7 Å². The minimum absolute atomic E-state index is 0.202. The molecule has 0 unspecified atom stereocenters. The van der Waals surface area contributed by atoms with Crippen LogP contribution in [0.2, 0.25) is 0 Å². The summed E-state index contributed by atoms with van der Waals surface area (Å²) in [5.74, 6) is 0.0142. The van der Waals surface area contributed by atoms with Gasteiger partial charge in [0.1, 0.15) is 5.75 Å². The number of nitrogens with zero attached hydrogens (tertiary/aromatic N) is 2. The lowest BCUT2D eigenvalue weighted by Crippen LogP contribution is -2.29. The number of anilines is 1. The number of carbonyl (C=O) groups is 1. The van der Waals surface area contributed by atoms with Gasteiger partial charge in [0.25, 0.3) is 5.56 Å². The van der Waals surface area contributed by atoms with E-state index in [2.05, 4.69) is 10.3 Å². The minimum Gasteiger partial charge on any atom is -0.508 e. The molecule has 4 rings (SSSR count). The van der Waals surface area contributed by atoms with Crippen LogP contribution in [-0.2, 0) is 16.8 Å². The molecular weight excluding hydrogens is 370 g/mol. The van der Waals surface area contributed by atoms with Crippen LogP contribution in [0.5, 0.6) is 5.75 Å². The van der Waals surface area contributed by atoms with E-state index in [1.54, 1.807) is 42.7 Å². The summed E-state index contributed by atoms with van der Waals surface area (Å²) in [7, 11) is 1.33. The average molecular weight is 391 g/mol. The van der Waals surface area contributed by atoms with Gasteiger partial charge in [-0.3, -0.25) is 4.79 Å². The summed E-state index contributed by atoms with van der Waals surface area (Å²) in [6, 6.07) is 14.1. The van der Waals surface area contributed by atoms with Crippen molar-refractivity contribution in [2.75, 3.05) is 12.4 Å². The van der Waals surface area contributed by atoms with Gasteiger partial charge in [-0.25, -0.2) is 9.78 Å². The average Bonchev–Trinajstić information content (AvgIpc) is 3.51. The van der Waals surface area contributed by atoms with Gasteiger partial charge >= 0.3 is 5.97 Å². The number of benzene rings is 2. The highest BCUT2D eigenvalue weighted by Gasteiger charge is 2.46. The number of methoxy groups -OCH3 is 1. The van der Waals surface area contributed by atoms with Crippen molar-refractivity contribution in [2.24, 2.45) is 0 Å². The number of para-hydroxylation sites is 1. The highest BCUT2D eigenvalue weighted by atomic mass is 16.5. The number of hydrogen-bond donors (Lipinski definition) is 2. The monoisotopic (exact) mass is 391 g/mol. The fraction of sp³-hybridized carbons (Fsp3) is 0.227. The third kappa shape index (κ3) is 3.71. The number of rotatable bonds is 6. The van der Waals surface area contributed by atoms with Crippen molar-refractivity contribution in [1.29, 1.82) is 0 Å². The van der Waals surface area contributed by atoms with Gasteiger partial charge < -0.3 is 19.7 Å². The summed E-state index contributed by atoms with van der Waals surface area (Å²) in [5.41, 5.74) is 1.26. The third-order valence-electron chi connectivity index (χ3n) is 5.14. The van der Waals surface area contributed by atoms with Crippen LogP contribution >= 0.6 is 0 Å². The van der Waals surface area contributed by atoms with E-state index in [4.69, 9.17) is 4.74 Å². The quantitative estimate of drug-likeness (QED) is 0.628. The Balaban J connectivity index is 1.60. The molecule has 0 bridgehead atoms. The SMILES string of the molecule is COC(=O)c1cccc(Cn2ccnc(NC3(c4ccccc4O)CC3)c2=O)c1. The van der Waals surface area contributed by atoms with Crippen LogP contribution in [0, 0.1) is 0 Å². The summed E-state index contributed by atoms with van der Waals surface area (Å²) < 4.78 is 6.28. The number of ether oxygens (including phenoxy) is 1. The molecule has 0 spiro atoms. The molecule has 29 heavy (non-hydrogen) atoms. The van der Waals surface area contributed by atoms with Crippen molar-refractivity contribution in [2.45, 2.75) is 24.9 Å². The van der Waals surface area contributed by atoms with Gasteiger partial charge in [-0.2, -0.15) is 0 Å². The first-order chi connectivity index (χ1) is 14.0. The molecule has 7 heteroatoms. The van der Waals surface area contributed by atoms with Gasteiger partial charge in [0, 0.05) is 18.0 Å². The number of carbonyl (C=O) groups excluding carboxylic acids is 1. The summed E-state index contributed by atoms with van der Waals surface area (Å²) in [5, 5.41) is 13.4. The Bertz CT molecular complexity index is 1120. The van der Waals surface area contributed by atoms with Crippen molar-refractivity contribution in [3.8, 4) is 5.75 Å². The fourth-order valence-corrected chi connectivity index (χ4v) is 3.46. The van der Waals surface area contributed by atoms with Gasteiger partial charge in [-0.1, -0.05) is 30.3 Å². The lowest BCUT2D eigenvalue weighted by atomic mass is 10.0. The molecule has 1 saturated carbocycles. The molecule has 0 saturated heterocycles. The Morgan fingerprint density at radius 2 is 2.03 bits per heavy atom. The molecule has 1 aliphatic rings. The number of nitrogens with one attached hydrogen (secondary N) is 1. The second kappa shape index (κ2) is 7.43. The maximum Gasteiger partial charge on any atom is 0.337 e. The summed E-state index contributed by atoms with van der Waals surface area (Å²) >= 11 is 0. The zero-order valence-corrected chi connectivity index (χ0v) is 16.0. The fourth-order valence-electron chi connectivity index (χ4n) is 3.46. The Morgan fingerprint density at radius 1 is 1.24 bits per heavy atom. The molecule has 148 valence electrons. The molecule has 1 heterocycles. The first-order valence-electron chi connectivity index (χ1n) is 9.32. The molecular formula is C22H21N3O4. The zero-order chi connectivity index (χ0) is 20.4. The third-order valence-corrected chi connectivity index (χ3v) is 5.14. The van der Waals surface area contributed by atoms with Gasteiger partial charge in [0.15, 0.2) is 5.82 Å². The first kappa shape index (κ1) is 18.7. The van der Waals surface area contributed by atoms with E-state index in [0.29, 0.717) is 12.1 Å². The van der Waals surface area contributed by atoms with Crippen LogP contribution in [0.4, 0.5) is 5.82 Å². The van der Waals surface area contributed by atoms with E-state index in [0.717, 1.165) is 24.0 Å². The normalized spacial score (nSPS) is 14.2. The second-order valence-electron chi connectivity index (χ2n) is 7.13. The minimum atomic E-state index is -0.471. The van der Waals surface area contributed by atoms with E-state index >= 15 is 0 Å². The summed E-state index contributed by atoms with van der Waals surface area (Å²) in [6.07, 6.45) is 4.79.